The molecule has 0 bridgehead atoms. The summed E-state index contributed by atoms with van der Waals surface area (Å²) in [7, 11) is 2.20. The maximum absolute atomic E-state index is 13.3. The summed E-state index contributed by atoms with van der Waals surface area (Å²) < 4.78 is 39.8. The fourth-order valence-electron chi connectivity index (χ4n) is 5.92. The number of hydrogen-bond donors (Lipinski definition) is 1. The number of nitrogens with one attached hydrogen (secondary N) is 1. The second kappa shape index (κ2) is 13.3. The number of thiophene rings is 1. The molecule has 1 saturated heterocycles. The number of rotatable bonds is 11. The molecule has 2 heterocycles. The van der Waals surface area contributed by atoms with E-state index in [9.17, 15) is 13.2 Å². The number of unbranched alkanes of at least 4 members (excludes halogenated alkanes) is 1. The van der Waals surface area contributed by atoms with Crippen LogP contribution in [0.2, 0.25) is 0 Å². The Labute approximate surface area is 239 Å². The van der Waals surface area contributed by atoms with Gasteiger partial charge < -0.3 is 10.2 Å². The van der Waals surface area contributed by atoms with Crippen molar-refractivity contribution in [3.8, 4) is 0 Å². The standard InChI is InChI=1S/C33H38F3N3S/c1-38(20-16-30(32-15-8-22-40-32)29-14-7-10-25-9-2-3-13-28(25)29)18-4-5-19-39-21-17-37-24-31(39)26-11-6-12-27(23-26)33(34,35)36/h2-3,6-15,22-23,30-31,37H,4-5,16-21,24H2,1H3. The zero-order chi connectivity index (χ0) is 28.0. The lowest BCUT2D eigenvalue weighted by molar-refractivity contribution is -0.137. The maximum Gasteiger partial charge on any atom is 0.416 e. The Morgan fingerprint density at radius 2 is 1.80 bits per heavy atom. The van der Waals surface area contributed by atoms with Crippen LogP contribution >= 0.6 is 11.3 Å². The van der Waals surface area contributed by atoms with Crippen molar-refractivity contribution in [3.05, 3.63) is 106 Å². The molecule has 3 nitrogen and oxygen atoms in total. The summed E-state index contributed by atoms with van der Waals surface area (Å²) in [6.45, 7) is 5.31. The van der Waals surface area contributed by atoms with Gasteiger partial charge in [0.15, 0.2) is 0 Å². The van der Waals surface area contributed by atoms with E-state index in [4.69, 9.17) is 0 Å². The first-order valence-corrected chi connectivity index (χ1v) is 15.1. The van der Waals surface area contributed by atoms with Gasteiger partial charge in [-0.2, -0.15) is 13.2 Å². The van der Waals surface area contributed by atoms with E-state index in [2.05, 4.69) is 82.1 Å². The third kappa shape index (κ3) is 7.13. The third-order valence-corrected chi connectivity index (χ3v) is 9.06. The molecule has 2 unspecified atom stereocenters. The van der Waals surface area contributed by atoms with E-state index < -0.39 is 11.7 Å². The smallest absolute Gasteiger partial charge is 0.314 e. The van der Waals surface area contributed by atoms with Crippen LogP contribution in [-0.4, -0.2) is 56.1 Å². The minimum atomic E-state index is -4.32. The normalized spacial score (nSPS) is 17.5. The van der Waals surface area contributed by atoms with Gasteiger partial charge in [0.2, 0.25) is 0 Å². The van der Waals surface area contributed by atoms with Gasteiger partial charge in [-0.1, -0.05) is 60.7 Å². The molecule has 1 aliphatic rings. The van der Waals surface area contributed by atoms with Crippen LogP contribution in [0, 0.1) is 0 Å². The van der Waals surface area contributed by atoms with Gasteiger partial charge in [-0.25, -0.2) is 0 Å². The van der Waals surface area contributed by atoms with E-state index in [0.29, 0.717) is 12.5 Å². The molecule has 1 fully saturated rings. The molecule has 0 aliphatic carbocycles. The molecule has 2 atom stereocenters. The van der Waals surface area contributed by atoms with Crippen LogP contribution in [0.3, 0.4) is 0 Å². The van der Waals surface area contributed by atoms with Crippen molar-refractivity contribution >= 4 is 22.1 Å². The van der Waals surface area contributed by atoms with E-state index in [0.717, 1.165) is 63.6 Å². The Morgan fingerprint density at radius 1 is 0.975 bits per heavy atom. The molecule has 0 saturated carbocycles. The van der Waals surface area contributed by atoms with Crippen LogP contribution in [0.25, 0.3) is 10.8 Å². The average molecular weight is 566 g/mol. The van der Waals surface area contributed by atoms with Gasteiger partial charge in [-0.3, -0.25) is 4.90 Å². The molecule has 1 N–H and O–H groups in total. The molecule has 0 spiro atoms. The second-order valence-electron chi connectivity index (χ2n) is 10.8. The quantitative estimate of drug-likeness (QED) is 0.187. The molecule has 1 aromatic heterocycles. The minimum absolute atomic E-state index is 0.0268. The topological polar surface area (TPSA) is 18.5 Å². The molecule has 3 aromatic carbocycles. The highest BCUT2D eigenvalue weighted by Crippen LogP contribution is 2.36. The van der Waals surface area contributed by atoms with E-state index in [-0.39, 0.29) is 6.04 Å². The highest BCUT2D eigenvalue weighted by Gasteiger charge is 2.32. The first kappa shape index (κ1) is 28.8. The zero-order valence-electron chi connectivity index (χ0n) is 23.0. The van der Waals surface area contributed by atoms with Crippen LogP contribution in [0.4, 0.5) is 13.2 Å². The molecule has 4 aromatic rings. The summed E-state index contributed by atoms with van der Waals surface area (Å²) in [4.78, 5) is 6.18. The molecule has 5 rings (SSSR count). The van der Waals surface area contributed by atoms with Crippen LogP contribution in [0.1, 0.15) is 52.8 Å². The Morgan fingerprint density at radius 3 is 2.62 bits per heavy atom. The summed E-state index contributed by atoms with van der Waals surface area (Å²) in [5.74, 6) is 0.364. The fourth-order valence-corrected chi connectivity index (χ4v) is 6.80. The fraction of sp³-hybridized carbons (Fsp3) is 0.394. The predicted molar refractivity (Wildman–Crippen MR) is 160 cm³/mol. The second-order valence-corrected chi connectivity index (χ2v) is 11.8. The molecule has 212 valence electrons. The highest BCUT2D eigenvalue weighted by molar-refractivity contribution is 7.10. The van der Waals surface area contributed by atoms with E-state index in [1.807, 2.05) is 17.4 Å². The number of benzene rings is 3. The Balaban J connectivity index is 1.15. The molecular weight excluding hydrogens is 527 g/mol. The van der Waals surface area contributed by atoms with Crippen LogP contribution in [0.5, 0.6) is 0 Å². The molecule has 7 heteroatoms. The van der Waals surface area contributed by atoms with Crippen molar-refractivity contribution in [2.45, 2.75) is 37.4 Å². The predicted octanol–water partition coefficient (Wildman–Crippen LogP) is 7.80. The lowest BCUT2D eigenvalue weighted by Gasteiger charge is -2.37. The minimum Gasteiger partial charge on any atom is -0.314 e. The number of halogens is 3. The first-order valence-electron chi connectivity index (χ1n) is 14.2. The lowest BCUT2D eigenvalue weighted by atomic mass is 9.89. The summed E-state index contributed by atoms with van der Waals surface area (Å²) in [6.07, 6.45) is -1.17. The van der Waals surface area contributed by atoms with Gasteiger partial charge in [-0.05, 0) is 91.4 Å². The summed E-state index contributed by atoms with van der Waals surface area (Å²) in [5, 5.41) is 8.14. The SMILES string of the molecule is CN(CCCCN1CCNCC1c1cccc(C(F)(F)F)c1)CCC(c1cccs1)c1cccc2ccccc12. The van der Waals surface area contributed by atoms with E-state index >= 15 is 0 Å². The van der Waals surface area contributed by atoms with Crippen molar-refractivity contribution in [1.82, 2.24) is 15.1 Å². The third-order valence-electron chi connectivity index (χ3n) is 8.07. The largest absolute Gasteiger partial charge is 0.416 e. The molecule has 1 aliphatic heterocycles. The average Bonchev–Trinajstić information content (AvgIpc) is 3.50. The maximum atomic E-state index is 13.3. The van der Waals surface area contributed by atoms with Crippen molar-refractivity contribution in [2.24, 2.45) is 0 Å². The Kier molecular flexibility index (Phi) is 9.58. The highest BCUT2D eigenvalue weighted by atomic mass is 32.1. The number of nitrogens with zero attached hydrogens (tertiary/aromatic N) is 2. The van der Waals surface area contributed by atoms with Crippen LogP contribution in [0.15, 0.2) is 84.2 Å². The number of alkyl halides is 3. The number of fused-ring (bicyclic) bond motifs is 1. The van der Waals surface area contributed by atoms with Gasteiger partial charge in [0.25, 0.3) is 0 Å². The molecule has 40 heavy (non-hydrogen) atoms. The first-order chi connectivity index (χ1) is 19.4. The monoisotopic (exact) mass is 565 g/mol. The molecule has 0 radical (unpaired) electrons. The lowest BCUT2D eigenvalue weighted by Crippen LogP contribution is -2.46. The Hall–Kier alpha value is -2.71. The molecule has 0 amide bonds. The van der Waals surface area contributed by atoms with Crippen LogP contribution < -0.4 is 5.32 Å². The number of piperazine rings is 1. The van der Waals surface area contributed by atoms with Crippen molar-refractivity contribution < 1.29 is 13.2 Å². The molecular formula is C33H38F3N3S. The van der Waals surface area contributed by atoms with Gasteiger partial charge in [0.05, 0.1) is 5.56 Å². The van der Waals surface area contributed by atoms with Crippen LogP contribution in [-0.2, 0) is 6.18 Å². The van der Waals surface area contributed by atoms with Crippen molar-refractivity contribution in [1.29, 1.82) is 0 Å². The van der Waals surface area contributed by atoms with E-state index in [1.165, 1.54) is 33.3 Å². The summed E-state index contributed by atoms with van der Waals surface area (Å²) in [6, 6.07) is 25.5. The van der Waals surface area contributed by atoms with Gasteiger partial charge >= 0.3 is 6.18 Å². The number of hydrogen-bond acceptors (Lipinski definition) is 4. The van der Waals surface area contributed by atoms with Crippen molar-refractivity contribution in [2.75, 3.05) is 46.3 Å². The van der Waals surface area contributed by atoms with E-state index in [1.54, 1.807) is 0 Å². The summed E-state index contributed by atoms with van der Waals surface area (Å²) in [5.41, 5.74) is 1.57. The Bertz CT molecular complexity index is 1350. The van der Waals surface area contributed by atoms with Gasteiger partial charge in [-0.15, -0.1) is 11.3 Å². The zero-order valence-corrected chi connectivity index (χ0v) is 23.9. The summed E-state index contributed by atoms with van der Waals surface area (Å²) >= 11 is 1.83. The van der Waals surface area contributed by atoms with Gasteiger partial charge in [0, 0.05) is 36.5 Å². The van der Waals surface area contributed by atoms with Gasteiger partial charge in [0.1, 0.15) is 0 Å². The van der Waals surface area contributed by atoms with Crippen molar-refractivity contribution in [3.63, 3.8) is 0 Å².